The van der Waals surface area contributed by atoms with Crippen molar-refractivity contribution in [2.24, 2.45) is 0 Å². The van der Waals surface area contributed by atoms with Gasteiger partial charge in [-0.1, -0.05) is 12.1 Å². The minimum atomic E-state index is -0.881. The Hall–Kier alpha value is -2.30. The number of benzene rings is 1. The van der Waals surface area contributed by atoms with Crippen LogP contribution in [0.2, 0.25) is 0 Å². The van der Waals surface area contributed by atoms with E-state index in [9.17, 15) is 14.7 Å². The summed E-state index contributed by atoms with van der Waals surface area (Å²) < 4.78 is 10.1. The summed E-state index contributed by atoms with van der Waals surface area (Å²) in [6, 6.07) is 6.80. The lowest BCUT2D eigenvalue weighted by atomic mass is 9.99. The molecule has 1 aromatic rings. The Balaban J connectivity index is 2.45. The van der Waals surface area contributed by atoms with Crippen LogP contribution in [0.5, 0.6) is 5.75 Å². The van der Waals surface area contributed by atoms with Gasteiger partial charge in [-0.3, -0.25) is 4.79 Å². The SMILES string of the molecule is COc1cccc(C2OC(=O)C(O)=C2C(C)=O)c1. The van der Waals surface area contributed by atoms with Gasteiger partial charge in [-0.2, -0.15) is 0 Å². The molecule has 1 unspecified atom stereocenters. The smallest absolute Gasteiger partial charge is 0.374 e. The van der Waals surface area contributed by atoms with Crippen molar-refractivity contribution in [3.8, 4) is 5.75 Å². The van der Waals surface area contributed by atoms with Gasteiger partial charge in [0.1, 0.15) is 5.75 Å². The standard InChI is InChI=1S/C13H12O5/c1-7(14)10-11(15)13(16)18-12(10)8-4-3-5-9(6-8)17-2/h3-6,12,15H,1-2H3. The van der Waals surface area contributed by atoms with Crippen molar-refractivity contribution in [1.82, 2.24) is 0 Å². The number of ketones is 1. The molecule has 5 nitrogen and oxygen atoms in total. The van der Waals surface area contributed by atoms with E-state index in [0.29, 0.717) is 11.3 Å². The van der Waals surface area contributed by atoms with Gasteiger partial charge >= 0.3 is 5.97 Å². The van der Waals surface area contributed by atoms with Crippen molar-refractivity contribution in [3.63, 3.8) is 0 Å². The van der Waals surface area contributed by atoms with Gasteiger partial charge in [-0.25, -0.2) is 4.79 Å². The maximum Gasteiger partial charge on any atom is 0.374 e. The van der Waals surface area contributed by atoms with Crippen LogP contribution < -0.4 is 4.74 Å². The van der Waals surface area contributed by atoms with Crippen LogP contribution in [-0.4, -0.2) is 24.0 Å². The molecule has 1 heterocycles. The summed E-state index contributed by atoms with van der Waals surface area (Å²) in [4.78, 5) is 22.8. The Bertz CT molecular complexity index is 544. The molecule has 0 amide bonds. The molecule has 2 rings (SSSR count). The van der Waals surface area contributed by atoms with Crippen LogP contribution >= 0.6 is 0 Å². The van der Waals surface area contributed by atoms with Gasteiger partial charge in [0.05, 0.1) is 12.7 Å². The number of hydrogen-bond acceptors (Lipinski definition) is 5. The van der Waals surface area contributed by atoms with Crippen molar-refractivity contribution >= 4 is 11.8 Å². The highest BCUT2D eigenvalue weighted by Gasteiger charge is 2.37. The first kappa shape index (κ1) is 12.2. The molecule has 1 aliphatic rings. The Morgan fingerprint density at radius 2 is 2.17 bits per heavy atom. The number of hydrogen-bond donors (Lipinski definition) is 1. The number of esters is 1. The van der Waals surface area contributed by atoms with Crippen LogP contribution in [0, 0.1) is 0 Å². The average Bonchev–Trinajstić information content (AvgIpc) is 2.66. The quantitative estimate of drug-likeness (QED) is 0.824. The van der Waals surface area contributed by atoms with Gasteiger partial charge in [-0.05, 0) is 19.1 Å². The summed E-state index contributed by atoms with van der Waals surface area (Å²) in [6.07, 6.45) is -0.870. The Morgan fingerprint density at radius 1 is 1.44 bits per heavy atom. The first-order valence-corrected chi connectivity index (χ1v) is 5.33. The first-order chi connectivity index (χ1) is 8.54. The number of Topliss-reactive ketones (excluding diaryl/α,β-unsaturated/α-hetero) is 1. The summed E-state index contributed by atoms with van der Waals surface area (Å²) in [5.74, 6) is -1.31. The van der Waals surface area contributed by atoms with Gasteiger partial charge in [-0.15, -0.1) is 0 Å². The highest BCUT2D eigenvalue weighted by atomic mass is 16.6. The number of ether oxygens (including phenoxy) is 2. The molecule has 0 bridgehead atoms. The van der Waals surface area contributed by atoms with E-state index >= 15 is 0 Å². The van der Waals surface area contributed by atoms with Crippen LogP contribution in [0.1, 0.15) is 18.6 Å². The topological polar surface area (TPSA) is 72.8 Å². The fourth-order valence-electron chi connectivity index (χ4n) is 1.85. The van der Waals surface area contributed by atoms with Crippen LogP contribution in [0.25, 0.3) is 0 Å². The fourth-order valence-corrected chi connectivity index (χ4v) is 1.85. The van der Waals surface area contributed by atoms with Gasteiger partial charge in [0.15, 0.2) is 11.9 Å². The summed E-state index contributed by atoms with van der Waals surface area (Å²) >= 11 is 0. The lowest BCUT2D eigenvalue weighted by Gasteiger charge is -2.13. The monoisotopic (exact) mass is 248 g/mol. The van der Waals surface area contributed by atoms with Crippen molar-refractivity contribution in [2.45, 2.75) is 13.0 Å². The van der Waals surface area contributed by atoms with Crippen molar-refractivity contribution in [1.29, 1.82) is 0 Å². The van der Waals surface area contributed by atoms with E-state index in [1.165, 1.54) is 14.0 Å². The number of cyclic esters (lactones) is 1. The summed E-state index contributed by atoms with van der Waals surface area (Å²) in [5, 5.41) is 9.54. The predicted molar refractivity (Wildman–Crippen MR) is 62.2 cm³/mol. The van der Waals surface area contributed by atoms with Crippen molar-refractivity contribution in [3.05, 3.63) is 41.2 Å². The molecule has 1 aromatic carbocycles. The molecule has 0 aliphatic carbocycles. The molecule has 0 spiro atoms. The zero-order valence-electron chi connectivity index (χ0n) is 9.97. The molecule has 0 fully saturated rings. The lowest BCUT2D eigenvalue weighted by Crippen LogP contribution is -2.08. The molecule has 0 aromatic heterocycles. The minimum Gasteiger partial charge on any atom is -0.501 e. The van der Waals surface area contributed by atoms with E-state index in [-0.39, 0.29) is 5.57 Å². The van der Waals surface area contributed by atoms with E-state index in [4.69, 9.17) is 9.47 Å². The second kappa shape index (κ2) is 4.52. The molecule has 0 saturated heterocycles. The number of methoxy groups -OCH3 is 1. The number of aliphatic hydroxyl groups excluding tert-OH is 1. The molecule has 1 aliphatic heterocycles. The Labute approximate surface area is 104 Å². The van der Waals surface area contributed by atoms with Crippen molar-refractivity contribution in [2.75, 3.05) is 7.11 Å². The average molecular weight is 248 g/mol. The fraction of sp³-hybridized carbons (Fsp3) is 0.231. The van der Waals surface area contributed by atoms with E-state index in [1.54, 1.807) is 24.3 Å². The van der Waals surface area contributed by atoms with Gasteiger partial charge in [0.2, 0.25) is 5.76 Å². The zero-order chi connectivity index (χ0) is 13.3. The largest absolute Gasteiger partial charge is 0.501 e. The van der Waals surface area contributed by atoms with E-state index in [2.05, 4.69) is 0 Å². The highest BCUT2D eigenvalue weighted by Crippen LogP contribution is 2.35. The third-order valence-corrected chi connectivity index (χ3v) is 2.71. The molecular weight excluding hydrogens is 236 g/mol. The Morgan fingerprint density at radius 3 is 2.78 bits per heavy atom. The van der Waals surface area contributed by atoms with Crippen LogP contribution in [0.3, 0.4) is 0 Å². The van der Waals surface area contributed by atoms with E-state index in [0.717, 1.165) is 0 Å². The summed E-state index contributed by atoms with van der Waals surface area (Å²) in [7, 11) is 1.51. The second-order valence-electron chi connectivity index (χ2n) is 3.88. The normalized spacial score (nSPS) is 18.8. The molecule has 5 heteroatoms. The first-order valence-electron chi connectivity index (χ1n) is 5.33. The molecule has 1 atom stereocenters. The van der Waals surface area contributed by atoms with Crippen molar-refractivity contribution < 1.29 is 24.2 Å². The molecule has 94 valence electrons. The Kier molecular flexibility index (Phi) is 3.06. The number of rotatable bonds is 3. The second-order valence-corrected chi connectivity index (χ2v) is 3.88. The van der Waals surface area contributed by atoms with Crippen LogP contribution in [-0.2, 0) is 14.3 Å². The molecular formula is C13H12O5. The zero-order valence-corrected chi connectivity index (χ0v) is 9.97. The van der Waals surface area contributed by atoms with E-state index in [1.807, 2.05) is 0 Å². The third kappa shape index (κ3) is 1.95. The minimum absolute atomic E-state index is 0.0201. The molecule has 0 saturated carbocycles. The third-order valence-electron chi connectivity index (χ3n) is 2.71. The summed E-state index contributed by atoms with van der Waals surface area (Å²) in [5.41, 5.74) is 0.560. The maximum atomic E-state index is 11.5. The van der Waals surface area contributed by atoms with Crippen LogP contribution in [0.15, 0.2) is 35.6 Å². The van der Waals surface area contributed by atoms with Gasteiger partial charge in [0, 0.05) is 5.56 Å². The van der Waals surface area contributed by atoms with Gasteiger partial charge in [0.25, 0.3) is 0 Å². The number of carbonyl (C=O) groups is 2. The maximum absolute atomic E-state index is 11.5. The van der Waals surface area contributed by atoms with Crippen LogP contribution in [0.4, 0.5) is 0 Å². The number of aliphatic hydroxyl groups is 1. The molecule has 18 heavy (non-hydrogen) atoms. The van der Waals surface area contributed by atoms with E-state index < -0.39 is 23.6 Å². The van der Waals surface area contributed by atoms with Gasteiger partial charge < -0.3 is 14.6 Å². The number of carbonyl (C=O) groups excluding carboxylic acids is 2. The molecule has 1 N–H and O–H groups in total. The lowest BCUT2D eigenvalue weighted by molar-refractivity contribution is -0.142. The summed E-state index contributed by atoms with van der Waals surface area (Å²) in [6.45, 7) is 1.28. The predicted octanol–water partition coefficient (Wildman–Crippen LogP) is 1.69. The highest BCUT2D eigenvalue weighted by molar-refractivity contribution is 6.05. The molecule has 0 radical (unpaired) electrons.